The van der Waals surface area contributed by atoms with Crippen LogP contribution in [-0.4, -0.2) is 14.7 Å². The Morgan fingerprint density at radius 3 is 2.74 bits per heavy atom. The van der Waals surface area contributed by atoms with Crippen LogP contribution in [-0.2, 0) is 13.0 Å². The third kappa shape index (κ3) is 2.78. The Hall–Kier alpha value is -1.82. The van der Waals surface area contributed by atoms with Gasteiger partial charge < -0.3 is 5.11 Å². The Morgan fingerprint density at radius 2 is 2.11 bits per heavy atom. The molecule has 0 unspecified atom stereocenters. The third-order valence-electron chi connectivity index (χ3n) is 2.85. The van der Waals surface area contributed by atoms with E-state index in [2.05, 4.69) is 20.9 Å². The van der Waals surface area contributed by atoms with Crippen LogP contribution in [0.15, 0.2) is 38.3 Å². The fourth-order valence-corrected chi connectivity index (χ4v) is 2.33. The summed E-state index contributed by atoms with van der Waals surface area (Å²) in [5.74, 6) is -0.267. The van der Waals surface area contributed by atoms with Crippen molar-refractivity contribution in [3.63, 3.8) is 0 Å². The zero-order chi connectivity index (χ0) is 14.0. The Balaban J connectivity index is 2.52. The predicted molar refractivity (Wildman–Crippen MR) is 75.6 cm³/mol. The first-order valence-electron chi connectivity index (χ1n) is 5.82. The fraction of sp³-hybridized carbons (Fsp3) is 0.231. The molecule has 19 heavy (non-hydrogen) atoms. The van der Waals surface area contributed by atoms with Crippen molar-refractivity contribution in [2.45, 2.75) is 19.9 Å². The molecule has 1 aromatic heterocycles. The van der Waals surface area contributed by atoms with Crippen LogP contribution in [0.1, 0.15) is 18.1 Å². The van der Waals surface area contributed by atoms with Crippen LogP contribution in [0, 0.1) is 0 Å². The van der Waals surface area contributed by atoms with E-state index < -0.39 is 11.2 Å². The van der Waals surface area contributed by atoms with E-state index >= 15 is 0 Å². The van der Waals surface area contributed by atoms with Gasteiger partial charge in [0.1, 0.15) is 0 Å². The molecule has 0 radical (unpaired) electrons. The van der Waals surface area contributed by atoms with Gasteiger partial charge in [0.05, 0.1) is 12.1 Å². The molecule has 0 aliphatic carbocycles. The van der Waals surface area contributed by atoms with Gasteiger partial charge in [0, 0.05) is 4.47 Å². The molecule has 2 aromatic rings. The highest BCUT2D eigenvalue weighted by atomic mass is 79.9. The maximum Gasteiger partial charge on any atom is 0.331 e. The van der Waals surface area contributed by atoms with Gasteiger partial charge in [-0.3, -0.25) is 14.3 Å². The number of aromatic hydroxyl groups is 1. The monoisotopic (exact) mass is 324 g/mol. The standard InChI is InChI=1S/C13H13BrN2O3/c1-2-10-11(17)15-13(19)16(12(10)18)7-8-4-3-5-9(14)6-8/h3-6,18H,2,7H2,1H3,(H,15,17,19). The molecule has 0 fully saturated rings. The van der Waals surface area contributed by atoms with E-state index in [0.717, 1.165) is 14.6 Å². The number of hydrogen-bond donors (Lipinski definition) is 2. The van der Waals surface area contributed by atoms with Crippen molar-refractivity contribution in [3.8, 4) is 5.88 Å². The molecule has 0 saturated carbocycles. The van der Waals surface area contributed by atoms with Crippen LogP contribution in [0.25, 0.3) is 0 Å². The number of nitrogens with one attached hydrogen (secondary N) is 1. The molecule has 0 amide bonds. The van der Waals surface area contributed by atoms with Crippen molar-refractivity contribution in [2.24, 2.45) is 0 Å². The van der Waals surface area contributed by atoms with E-state index in [1.807, 2.05) is 24.3 Å². The number of hydrogen-bond acceptors (Lipinski definition) is 3. The summed E-state index contributed by atoms with van der Waals surface area (Å²) < 4.78 is 2.04. The lowest BCUT2D eigenvalue weighted by molar-refractivity contribution is 0.402. The lowest BCUT2D eigenvalue weighted by atomic mass is 10.2. The largest absolute Gasteiger partial charge is 0.494 e. The maximum atomic E-state index is 11.8. The molecule has 6 heteroatoms. The molecule has 100 valence electrons. The van der Waals surface area contributed by atoms with Crippen molar-refractivity contribution in [2.75, 3.05) is 0 Å². The summed E-state index contributed by atoms with van der Waals surface area (Å²) in [7, 11) is 0. The minimum Gasteiger partial charge on any atom is -0.494 e. The van der Waals surface area contributed by atoms with E-state index in [0.29, 0.717) is 6.42 Å². The van der Waals surface area contributed by atoms with Gasteiger partial charge in [-0.05, 0) is 24.1 Å². The second kappa shape index (κ2) is 5.44. The molecule has 0 aliphatic heterocycles. The molecular weight excluding hydrogens is 312 g/mol. The average molecular weight is 325 g/mol. The summed E-state index contributed by atoms with van der Waals surface area (Å²) in [6, 6.07) is 7.40. The van der Waals surface area contributed by atoms with Crippen molar-refractivity contribution in [1.29, 1.82) is 0 Å². The van der Waals surface area contributed by atoms with E-state index in [9.17, 15) is 14.7 Å². The first-order chi connectivity index (χ1) is 9.02. The Labute approximate surface area is 117 Å². The van der Waals surface area contributed by atoms with E-state index in [-0.39, 0.29) is 18.0 Å². The zero-order valence-corrected chi connectivity index (χ0v) is 11.9. The van der Waals surface area contributed by atoms with Crippen LogP contribution in [0.2, 0.25) is 0 Å². The van der Waals surface area contributed by atoms with Crippen molar-refractivity contribution < 1.29 is 5.11 Å². The summed E-state index contributed by atoms with van der Waals surface area (Å²) in [4.78, 5) is 25.5. The number of halogens is 1. The van der Waals surface area contributed by atoms with Gasteiger partial charge in [-0.2, -0.15) is 0 Å². The zero-order valence-electron chi connectivity index (χ0n) is 10.3. The SMILES string of the molecule is CCc1c(O)n(Cc2cccc(Br)c2)c(=O)[nH]c1=O. The van der Waals surface area contributed by atoms with Crippen molar-refractivity contribution in [1.82, 2.24) is 9.55 Å². The van der Waals surface area contributed by atoms with Crippen LogP contribution in [0.3, 0.4) is 0 Å². The molecule has 0 spiro atoms. The van der Waals surface area contributed by atoms with Gasteiger partial charge in [-0.15, -0.1) is 0 Å². The predicted octanol–water partition coefficient (Wildman–Crippen LogP) is 1.62. The molecule has 0 atom stereocenters. The van der Waals surface area contributed by atoms with Gasteiger partial charge in [0.25, 0.3) is 5.56 Å². The molecule has 2 N–H and O–H groups in total. The lowest BCUT2D eigenvalue weighted by Crippen LogP contribution is -2.32. The molecule has 0 aliphatic rings. The first-order valence-corrected chi connectivity index (χ1v) is 6.61. The summed E-state index contributed by atoms with van der Waals surface area (Å²) in [6.45, 7) is 1.95. The van der Waals surface area contributed by atoms with Crippen molar-refractivity contribution in [3.05, 3.63) is 60.7 Å². The van der Waals surface area contributed by atoms with Crippen LogP contribution in [0.4, 0.5) is 0 Å². The highest BCUT2D eigenvalue weighted by Crippen LogP contribution is 2.15. The number of aromatic nitrogens is 2. The number of aromatic amines is 1. The Kier molecular flexibility index (Phi) is 3.90. The summed E-state index contributed by atoms with van der Waals surface area (Å²) in [5, 5.41) is 10.0. The van der Waals surface area contributed by atoms with Gasteiger partial charge in [-0.25, -0.2) is 4.79 Å². The number of rotatable bonds is 3. The molecule has 1 heterocycles. The smallest absolute Gasteiger partial charge is 0.331 e. The normalized spacial score (nSPS) is 10.6. The first kappa shape index (κ1) is 13.6. The molecule has 1 aromatic carbocycles. The van der Waals surface area contributed by atoms with E-state index in [1.54, 1.807) is 6.92 Å². The second-order valence-corrected chi connectivity index (χ2v) is 5.05. The average Bonchev–Trinajstić information content (AvgIpc) is 2.35. The van der Waals surface area contributed by atoms with Crippen LogP contribution in [0.5, 0.6) is 5.88 Å². The minimum atomic E-state index is -0.611. The minimum absolute atomic E-state index is 0.202. The van der Waals surface area contributed by atoms with Gasteiger partial charge in [-0.1, -0.05) is 35.0 Å². The summed E-state index contributed by atoms with van der Waals surface area (Å²) in [6.07, 6.45) is 0.361. The summed E-state index contributed by atoms with van der Waals surface area (Å²) >= 11 is 3.34. The van der Waals surface area contributed by atoms with E-state index in [1.165, 1.54) is 0 Å². The quantitative estimate of drug-likeness (QED) is 0.900. The van der Waals surface area contributed by atoms with Crippen LogP contribution < -0.4 is 11.2 Å². The molecule has 5 nitrogen and oxygen atoms in total. The maximum absolute atomic E-state index is 11.8. The molecule has 0 saturated heterocycles. The lowest BCUT2D eigenvalue weighted by Gasteiger charge is -2.10. The van der Waals surface area contributed by atoms with E-state index in [4.69, 9.17) is 0 Å². The van der Waals surface area contributed by atoms with Gasteiger partial charge in [0.15, 0.2) is 0 Å². The molecular formula is C13H13BrN2O3. The molecule has 2 rings (SSSR count). The highest BCUT2D eigenvalue weighted by molar-refractivity contribution is 9.10. The third-order valence-corrected chi connectivity index (χ3v) is 3.34. The summed E-state index contributed by atoms with van der Waals surface area (Å²) in [5.41, 5.74) is -0.0781. The Morgan fingerprint density at radius 1 is 1.37 bits per heavy atom. The van der Waals surface area contributed by atoms with Crippen molar-refractivity contribution >= 4 is 15.9 Å². The molecule has 0 bridgehead atoms. The highest BCUT2D eigenvalue weighted by Gasteiger charge is 2.12. The van der Waals surface area contributed by atoms with Gasteiger partial charge >= 0.3 is 5.69 Å². The van der Waals surface area contributed by atoms with Gasteiger partial charge in [0.2, 0.25) is 5.88 Å². The number of nitrogens with zero attached hydrogens (tertiary/aromatic N) is 1. The number of H-pyrrole nitrogens is 1. The fourth-order valence-electron chi connectivity index (χ4n) is 1.88. The number of benzene rings is 1. The van der Waals surface area contributed by atoms with Crippen LogP contribution >= 0.6 is 15.9 Å². The Bertz CT molecular complexity index is 719. The second-order valence-electron chi connectivity index (χ2n) is 4.13. The topological polar surface area (TPSA) is 75.1 Å².